The highest BCUT2D eigenvalue weighted by molar-refractivity contribution is 7.59. The van der Waals surface area contributed by atoms with Gasteiger partial charge in [-0.3, -0.25) is 9.59 Å². The zero-order valence-electron chi connectivity index (χ0n) is 15.8. The normalized spacial score (nSPS) is 17.6. The van der Waals surface area contributed by atoms with Crippen molar-refractivity contribution in [3.8, 4) is 0 Å². The molecule has 0 bridgehead atoms. The van der Waals surface area contributed by atoms with E-state index in [2.05, 4.69) is 5.32 Å². The highest BCUT2D eigenvalue weighted by atomic mass is 32.1. The fourth-order valence-electron chi connectivity index (χ4n) is 3.07. The van der Waals surface area contributed by atoms with E-state index in [1.807, 2.05) is 32.9 Å². The minimum Gasteiger partial charge on any atom is -0.352 e. The Morgan fingerprint density at radius 2 is 1.92 bits per heavy atom. The molecule has 2 rings (SSSR count). The summed E-state index contributed by atoms with van der Waals surface area (Å²) in [7, 11) is 0. The lowest BCUT2D eigenvalue weighted by Gasteiger charge is -2.20. The lowest BCUT2D eigenvalue weighted by atomic mass is 10.0. The number of hydrogen-bond donors (Lipinski definition) is 2. The maximum Gasteiger partial charge on any atom is 0.251 e. The van der Waals surface area contributed by atoms with Gasteiger partial charge in [0.25, 0.3) is 5.91 Å². The number of carbonyl (C=O) groups excluding carboxylic acids is 2. The number of amides is 2. The number of halogens is 1. The van der Waals surface area contributed by atoms with Gasteiger partial charge in [-0.1, -0.05) is 0 Å². The zero-order valence-corrected chi connectivity index (χ0v) is 16.8. The first-order chi connectivity index (χ1) is 11.8. The second-order valence-electron chi connectivity index (χ2n) is 6.91. The first-order valence-corrected chi connectivity index (χ1v) is 8.84. The smallest absolute Gasteiger partial charge is 0.251 e. The van der Waals surface area contributed by atoms with Crippen LogP contribution in [0.5, 0.6) is 0 Å². The molecule has 1 aromatic carbocycles. The van der Waals surface area contributed by atoms with Gasteiger partial charge >= 0.3 is 0 Å². The third kappa shape index (κ3) is 5.71. The first-order valence-electron chi connectivity index (χ1n) is 8.84. The van der Waals surface area contributed by atoms with Crippen LogP contribution in [0, 0.1) is 20.8 Å². The first kappa shape index (κ1) is 22.4. The van der Waals surface area contributed by atoms with Crippen LogP contribution in [0.1, 0.15) is 46.3 Å². The summed E-state index contributed by atoms with van der Waals surface area (Å²) in [4.78, 5) is 25.8. The molecule has 26 heavy (non-hydrogen) atoms. The molecular formula is C19H30FN3O2S. The SMILES string of the molecule is Cc1cc(C(=O)NCCC[C@H](N)C(=O)N2CC[C@H](F)C2)cc(C)c1C.S. The van der Waals surface area contributed by atoms with Crippen LogP contribution in [-0.2, 0) is 4.79 Å². The number of benzene rings is 1. The molecule has 0 aromatic heterocycles. The van der Waals surface area contributed by atoms with Gasteiger partial charge in [0.1, 0.15) is 6.17 Å². The summed E-state index contributed by atoms with van der Waals surface area (Å²) in [5.41, 5.74) is 9.92. The Morgan fingerprint density at radius 3 is 2.46 bits per heavy atom. The van der Waals surface area contributed by atoms with Crippen LogP contribution in [0.3, 0.4) is 0 Å². The van der Waals surface area contributed by atoms with Crippen molar-refractivity contribution in [3.63, 3.8) is 0 Å². The van der Waals surface area contributed by atoms with Gasteiger partial charge < -0.3 is 16.0 Å². The summed E-state index contributed by atoms with van der Waals surface area (Å²) in [6, 6.07) is 3.13. The molecule has 0 unspecified atom stereocenters. The van der Waals surface area contributed by atoms with E-state index in [9.17, 15) is 14.0 Å². The van der Waals surface area contributed by atoms with Gasteiger partial charge in [0, 0.05) is 18.7 Å². The highest BCUT2D eigenvalue weighted by Crippen LogP contribution is 2.16. The molecule has 1 saturated heterocycles. The number of likely N-dealkylation sites (tertiary alicyclic amines) is 1. The summed E-state index contributed by atoms with van der Waals surface area (Å²) in [5, 5.41) is 2.86. The molecule has 0 spiro atoms. The molecule has 1 heterocycles. The lowest BCUT2D eigenvalue weighted by molar-refractivity contribution is -0.131. The number of nitrogens with two attached hydrogens (primary N) is 1. The fraction of sp³-hybridized carbons (Fsp3) is 0.579. The molecule has 0 saturated carbocycles. The quantitative estimate of drug-likeness (QED) is 0.739. The van der Waals surface area contributed by atoms with Crippen LogP contribution in [0.15, 0.2) is 12.1 Å². The van der Waals surface area contributed by atoms with E-state index in [4.69, 9.17) is 5.73 Å². The number of hydrogen-bond acceptors (Lipinski definition) is 3. The average Bonchev–Trinajstić information content (AvgIpc) is 3.01. The van der Waals surface area contributed by atoms with Crippen molar-refractivity contribution in [3.05, 3.63) is 34.4 Å². The molecule has 1 fully saturated rings. The summed E-state index contributed by atoms with van der Waals surface area (Å²) in [6.45, 7) is 7.06. The standard InChI is InChI=1S/C19H28FN3O2.H2S/c1-12-9-15(10-13(2)14(12)3)18(24)22-7-4-5-17(21)19(25)23-8-6-16(20)11-23;/h9-10,16-17H,4-8,11,21H2,1-3H3,(H,22,24);1H2/t16-,17-;/m0./s1. The third-order valence-electron chi connectivity index (χ3n) is 4.93. The monoisotopic (exact) mass is 383 g/mol. The minimum atomic E-state index is -0.933. The van der Waals surface area contributed by atoms with Crippen LogP contribution in [0.4, 0.5) is 4.39 Å². The molecule has 1 aliphatic heterocycles. The topological polar surface area (TPSA) is 75.4 Å². The van der Waals surface area contributed by atoms with Crippen LogP contribution in [0.25, 0.3) is 0 Å². The van der Waals surface area contributed by atoms with Crippen LogP contribution in [-0.4, -0.2) is 48.6 Å². The minimum absolute atomic E-state index is 0. The lowest BCUT2D eigenvalue weighted by Crippen LogP contribution is -2.43. The third-order valence-corrected chi connectivity index (χ3v) is 4.93. The van der Waals surface area contributed by atoms with E-state index in [0.717, 1.165) is 11.1 Å². The van der Waals surface area contributed by atoms with Crippen molar-refractivity contribution in [1.29, 1.82) is 0 Å². The van der Waals surface area contributed by atoms with E-state index >= 15 is 0 Å². The Morgan fingerprint density at radius 1 is 1.31 bits per heavy atom. The molecule has 2 amide bonds. The molecule has 7 heteroatoms. The molecule has 1 aromatic rings. The predicted molar refractivity (Wildman–Crippen MR) is 107 cm³/mol. The maximum atomic E-state index is 13.2. The molecule has 0 radical (unpaired) electrons. The predicted octanol–water partition coefficient (Wildman–Crippen LogP) is 2.13. The Kier molecular flexibility index (Phi) is 8.56. The maximum absolute atomic E-state index is 13.2. The van der Waals surface area contributed by atoms with Crippen molar-refractivity contribution >= 4 is 25.3 Å². The van der Waals surface area contributed by atoms with Crippen LogP contribution < -0.4 is 11.1 Å². The number of carbonyl (C=O) groups is 2. The average molecular weight is 384 g/mol. The van der Waals surface area contributed by atoms with Gasteiger partial charge in [0.05, 0.1) is 12.6 Å². The molecule has 2 atom stereocenters. The fourth-order valence-corrected chi connectivity index (χ4v) is 3.07. The summed E-state index contributed by atoms with van der Waals surface area (Å²) in [6.07, 6.45) is 0.537. The molecule has 146 valence electrons. The number of aryl methyl sites for hydroxylation is 2. The van der Waals surface area contributed by atoms with Gasteiger partial charge in [0.15, 0.2) is 0 Å². The summed E-state index contributed by atoms with van der Waals surface area (Å²) < 4.78 is 13.2. The number of nitrogens with zero attached hydrogens (tertiary/aromatic N) is 1. The van der Waals surface area contributed by atoms with Gasteiger partial charge in [-0.2, -0.15) is 13.5 Å². The largest absolute Gasteiger partial charge is 0.352 e. The Hall–Kier alpha value is -1.60. The van der Waals surface area contributed by atoms with Crippen molar-refractivity contribution < 1.29 is 14.0 Å². The van der Waals surface area contributed by atoms with Crippen molar-refractivity contribution in [2.75, 3.05) is 19.6 Å². The van der Waals surface area contributed by atoms with Gasteiger partial charge in [-0.25, -0.2) is 4.39 Å². The van der Waals surface area contributed by atoms with Crippen molar-refractivity contribution in [2.45, 2.75) is 52.2 Å². The molecule has 5 nitrogen and oxygen atoms in total. The van der Waals surface area contributed by atoms with Crippen molar-refractivity contribution in [2.24, 2.45) is 5.73 Å². The van der Waals surface area contributed by atoms with E-state index in [1.165, 1.54) is 10.5 Å². The Labute approximate surface area is 162 Å². The molecule has 1 aliphatic rings. The second-order valence-corrected chi connectivity index (χ2v) is 6.91. The molecule has 0 aliphatic carbocycles. The van der Waals surface area contributed by atoms with E-state index in [0.29, 0.717) is 37.9 Å². The van der Waals surface area contributed by atoms with Gasteiger partial charge in [-0.15, -0.1) is 0 Å². The summed E-state index contributed by atoms with van der Waals surface area (Å²) in [5.74, 6) is -0.317. The zero-order chi connectivity index (χ0) is 18.6. The Balaban J connectivity index is 0.00000338. The highest BCUT2D eigenvalue weighted by Gasteiger charge is 2.28. The van der Waals surface area contributed by atoms with Crippen LogP contribution >= 0.6 is 13.5 Å². The van der Waals surface area contributed by atoms with Gasteiger partial charge in [0.2, 0.25) is 5.91 Å². The van der Waals surface area contributed by atoms with Crippen LogP contribution in [0.2, 0.25) is 0 Å². The summed E-state index contributed by atoms with van der Waals surface area (Å²) >= 11 is 0. The number of alkyl halides is 1. The van der Waals surface area contributed by atoms with E-state index < -0.39 is 12.2 Å². The second kappa shape index (κ2) is 9.92. The Bertz CT molecular complexity index is 631. The van der Waals surface area contributed by atoms with E-state index in [-0.39, 0.29) is 31.9 Å². The van der Waals surface area contributed by atoms with Gasteiger partial charge in [-0.05, 0) is 68.9 Å². The van der Waals surface area contributed by atoms with Crippen molar-refractivity contribution in [1.82, 2.24) is 10.2 Å². The number of nitrogens with one attached hydrogen (secondary N) is 1. The van der Waals surface area contributed by atoms with E-state index in [1.54, 1.807) is 0 Å². The molecule has 3 N–H and O–H groups in total. The number of rotatable bonds is 6. The molecular weight excluding hydrogens is 353 g/mol.